The van der Waals surface area contributed by atoms with E-state index in [-0.39, 0.29) is 35.3 Å². The number of piperazine rings is 1. The number of amides is 1. The Morgan fingerprint density at radius 2 is 1.78 bits per heavy atom. The van der Waals surface area contributed by atoms with Gasteiger partial charge >= 0.3 is 0 Å². The van der Waals surface area contributed by atoms with Gasteiger partial charge in [0.05, 0.1) is 18.1 Å². The second kappa shape index (κ2) is 9.70. The second-order valence-corrected chi connectivity index (χ2v) is 8.90. The number of fused-ring (bicyclic) bond motifs is 1. The molecule has 3 aromatic carbocycles. The van der Waals surface area contributed by atoms with Crippen molar-refractivity contribution in [3.63, 3.8) is 0 Å². The minimum absolute atomic E-state index is 0.0390. The van der Waals surface area contributed by atoms with Crippen LogP contribution < -0.4 is 4.90 Å². The Balaban J connectivity index is 1.36. The minimum atomic E-state index is -0.544. The molecule has 0 radical (unpaired) electrons. The molecule has 1 aliphatic rings. The van der Waals surface area contributed by atoms with Crippen molar-refractivity contribution in [3.8, 4) is 17.3 Å². The zero-order valence-electron chi connectivity index (χ0n) is 19.7. The summed E-state index contributed by atoms with van der Waals surface area (Å²) in [6.07, 6.45) is -0.0562. The lowest BCUT2D eigenvalue weighted by molar-refractivity contribution is -0.131. The number of nitrogens with zero attached hydrogens (tertiary/aromatic N) is 5. The molecule has 0 unspecified atom stereocenters. The van der Waals surface area contributed by atoms with Crippen LogP contribution in [0.2, 0.25) is 0 Å². The van der Waals surface area contributed by atoms with Gasteiger partial charge in [-0.1, -0.05) is 30.3 Å². The van der Waals surface area contributed by atoms with E-state index in [0.29, 0.717) is 25.3 Å². The van der Waals surface area contributed by atoms with Crippen molar-refractivity contribution in [2.24, 2.45) is 0 Å². The highest BCUT2D eigenvalue weighted by atomic mass is 19.1. The van der Waals surface area contributed by atoms with Crippen LogP contribution in [0.25, 0.3) is 22.0 Å². The Morgan fingerprint density at radius 1 is 1.03 bits per heavy atom. The average Bonchev–Trinajstić information content (AvgIpc) is 2.90. The molecule has 1 aromatic heterocycles. The molecule has 2 heterocycles. The Hall–Kier alpha value is -4.38. The first-order chi connectivity index (χ1) is 17.4. The first kappa shape index (κ1) is 23.4. The lowest BCUT2D eigenvalue weighted by Crippen LogP contribution is -2.54. The smallest absolute Gasteiger partial charge is 0.227 e. The third-order valence-electron chi connectivity index (χ3n) is 6.56. The van der Waals surface area contributed by atoms with Crippen molar-refractivity contribution in [1.82, 2.24) is 15.1 Å². The fraction of sp³-hybridized carbons (Fsp3) is 0.214. The van der Waals surface area contributed by atoms with Gasteiger partial charge in [-0.25, -0.2) is 8.78 Å². The summed E-state index contributed by atoms with van der Waals surface area (Å²) in [4.78, 5) is 16.8. The first-order valence-electron chi connectivity index (χ1n) is 11.7. The van der Waals surface area contributed by atoms with Crippen molar-refractivity contribution >= 4 is 22.5 Å². The molecule has 36 heavy (non-hydrogen) atoms. The van der Waals surface area contributed by atoms with Gasteiger partial charge in [0.2, 0.25) is 5.91 Å². The largest absolute Gasteiger partial charge is 0.348 e. The number of carbonyl (C=O) groups excluding carboxylic acids is 1. The molecule has 5 rings (SSSR count). The third-order valence-corrected chi connectivity index (χ3v) is 6.56. The standard InChI is InChI=1S/C28H23F2N5O/c1-18-17-34(26(36)15-21-7-6-19(16-31)14-25(21)30)12-13-35(18)28-24-5-3-2-4-23(24)27(32-33-28)20-8-10-22(29)11-9-20/h2-11,14,18H,12-13,15,17H2,1H3/t18-/m0/s1. The molecule has 0 spiro atoms. The number of hydrogen-bond donors (Lipinski definition) is 0. The monoisotopic (exact) mass is 483 g/mol. The quantitative estimate of drug-likeness (QED) is 0.420. The molecule has 6 nitrogen and oxygen atoms in total. The van der Waals surface area contributed by atoms with E-state index >= 15 is 0 Å². The van der Waals surface area contributed by atoms with E-state index in [1.165, 1.54) is 24.3 Å². The zero-order valence-corrected chi connectivity index (χ0v) is 19.7. The molecule has 1 fully saturated rings. The lowest BCUT2D eigenvalue weighted by Gasteiger charge is -2.40. The van der Waals surface area contributed by atoms with E-state index in [2.05, 4.69) is 15.1 Å². The maximum Gasteiger partial charge on any atom is 0.227 e. The number of benzene rings is 3. The molecular formula is C28H23F2N5O. The molecule has 0 saturated carbocycles. The predicted molar refractivity (Wildman–Crippen MR) is 133 cm³/mol. The summed E-state index contributed by atoms with van der Waals surface area (Å²) in [5, 5.41) is 19.8. The van der Waals surface area contributed by atoms with Crippen molar-refractivity contribution in [1.29, 1.82) is 5.26 Å². The van der Waals surface area contributed by atoms with E-state index in [1.807, 2.05) is 37.3 Å². The number of halogens is 2. The van der Waals surface area contributed by atoms with Crippen molar-refractivity contribution < 1.29 is 13.6 Å². The molecule has 180 valence electrons. The van der Waals surface area contributed by atoms with E-state index < -0.39 is 5.82 Å². The fourth-order valence-electron chi connectivity index (χ4n) is 4.66. The minimum Gasteiger partial charge on any atom is -0.348 e. The fourth-order valence-corrected chi connectivity index (χ4v) is 4.66. The summed E-state index contributed by atoms with van der Waals surface area (Å²) in [5.41, 5.74) is 1.97. The van der Waals surface area contributed by atoms with Gasteiger partial charge in [-0.2, -0.15) is 5.26 Å². The molecule has 0 N–H and O–H groups in total. The van der Waals surface area contributed by atoms with Gasteiger partial charge in [0.25, 0.3) is 0 Å². The molecule has 1 aliphatic heterocycles. The van der Waals surface area contributed by atoms with Crippen LogP contribution >= 0.6 is 0 Å². The number of aromatic nitrogens is 2. The van der Waals surface area contributed by atoms with E-state index in [9.17, 15) is 13.6 Å². The second-order valence-electron chi connectivity index (χ2n) is 8.90. The first-order valence-corrected chi connectivity index (χ1v) is 11.7. The highest BCUT2D eigenvalue weighted by Crippen LogP contribution is 2.33. The molecule has 4 aromatic rings. The van der Waals surface area contributed by atoms with Gasteiger partial charge in [0, 0.05) is 42.0 Å². The van der Waals surface area contributed by atoms with E-state index in [1.54, 1.807) is 17.0 Å². The highest BCUT2D eigenvalue weighted by molar-refractivity contribution is 6.00. The number of hydrogen-bond acceptors (Lipinski definition) is 5. The van der Waals surface area contributed by atoms with Crippen molar-refractivity contribution in [2.45, 2.75) is 19.4 Å². The van der Waals surface area contributed by atoms with E-state index in [4.69, 9.17) is 5.26 Å². The average molecular weight is 484 g/mol. The molecule has 0 bridgehead atoms. The summed E-state index contributed by atoms with van der Waals surface area (Å²) in [6.45, 7) is 3.51. The van der Waals surface area contributed by atoms with Crippen molar-refractivity contribution in [2.75, 3.05) is 24.5 Å². The Labute approximate surface area is 207 Å². The van der Waals surface area contributed by atoms with Gasteiger partial charge in [0.15, 0.2) is 5.82 Å². The normalized spacial score (nSPS) is 15.7. The van der Waals surface area contributed by atoms with Crippen LogP contribution in [0.1, 0.15) is 18.1 Å². The summed E-state index contributed by atoms with van der Waals surface area (Å²) in [6, 6.07) is 20.1. The van der Waals surface area contributed by atoms with Crippen molar-refractivity contribution in [3.05, 3.63) is 89.5 Å². The number of rotatable bonds is 4. The van der Waals surface area contributed by atoms with Crippen LogP contribution in [0.15, 0.2) is 66.7 Å². The van der Waals surface area contributed by atoms with Crippen LogP contribution in [0.4, 0.5) is 14.6 Å². The van der Waals surface area contributed by atoms with Gasteiger partial charge in [-0.15, -0.1) is 10.2 Å². The molecule has 8 heteroatoms. The Morgan fingerprint density at radius 3 is 2.47 bits per heavy atom. The molecular weight excluding hydrogens is 460 g/mol. The van der Waals surface area contributed by atoms with Gasteiger partial charge in [0.1, 0.15) is 17.3 Å². The molecule has 0 aliphatic carbocycles. The topological polar surface area (TPSA) is 73.1 Å². The Kier molecular flexibility index (Phi) is 6.30. The van der Waals surface area contributed by atoms with Crippen LogP contribution in [-0.2, 0) is 11.2 Å². The van der Waals surface area contributed by atoms with Gasteiger partial charge < -0.3 is 9.80 Å². The SMILES string of the molecule is C[C@H]1CN(C(=O)Cc2ccc(C#N)cc2F)CCN1c1nnc(-c2ccc(F)cc2)c2ccccc12. The van der Waals surface area contributed by atoms with E-state index in [0.717, 1.165) is 28.2 Å². The third kappa shape index (κ3) is 4.48. The van der Waals surface area contributed by atoms with Crippen LogP contribution in [0, 0.1) is 23.0 Å². The molecule has 1 atom stereocenters. The lowest BCUT2D eigenvalue weighted by atomic mass is 10.0. The zero-order chi connectivity index (χ0) is 25.2. The summed E-state index contributed by atoms with van der Waals surface area (Å²) in [7, 11) is 0. The number of carbonyl (C=O) groups is 1. The number of nitriles is 1. The maximum absolute atomic E-state index is 14.3. The Bertz CT molecular complexity index is 1480. The summed E-state index contributed by atoms with van der Waals surface area (Å²) >= 11 is 0. The maximum atomic E-state index is 14.3. The summed E-state index contributed by atoms with van der Waals surface area (Å²) < 4.78 is 27.7. The molecule has 1 saturated heterocycles. The predicted octanol–water partition coefficient (Wildman–Crippen LogP) is 4.73. The van der Waals surface area contributed by atoms with Gasteiger partial charge in [-0.3, -0.25) is 4.79 Å². The van der Waals surface area contributed by atoms with Crippen LogP contribution in [-0.4, -0.2) is 46.7 Å². The highest BCUT2D eigenvalue weighted by Gasteiger charge is 2.29. The van der Waals surface area contributed by atoms with Gasteiger partial charge in [-0.05, 0) is 48.9 Å². The summed E-state index contributed by atoms with van der Waals surface area (Å²) in [5.74, 6) is -0.283. The van der Waals surface area contributed by atoms with Crippen LogP contribution in [0.3, 0.4) is 0 Å². The molecule has 1 amide bonds. The van der Waals surface area contributed by atoms with Crippen LogP contribution in [0.5, 0.6) is 0 Å². The number of anilines is 1.